The van der Waals surface area contributed by atoms with Crippen molar-refractivity contribution in [3.63, 3.8) is 0 Å². The first-order valence-electron chi connectivity index (χ1n) is 6.37. The van der Waals surface area contributed by atoms with E-state index in [1.165, 1.54) is 0 Å². The van der Waals surface area contributed by atoms with Crippen molar-refractivity contribution in [1.82, 2.24) is 5.32 Å². The second-order valence-electron chi connectivity index (χ2n) is 4.79. The highest BCUT2D eigenvalue weighted by molar-refractivity contribution is 9.10. The van der Waals surface area contributed by atoms with Crippen LogP contribution in [0.15, 0.2) is 22.7 Å². The molecule has 19 heavy (non-hydrogen) atoms. The summed E-state index contributed by atoms with van der Waals surface area (Å²) in [7, 11) is 0. The fourth-order valence-electron chi connectivity index (χ4n) is 1.66. The largest absolute Gasteiger partial charge is 0.493 e. The number of halogens is 1. The van der Waals surface area contributed by atoms with E-state index < -0.39 is 0 Å². The summed E-state index contributed by atoms with van der Waals surface area (Å²) in [6.07, 6.45) is 0.336. The highest BCUT2D eigenvalue weighted by atomic mass is 79.9. The lowest BCUT2D eigenvalue weighted by Gasteiger charge is -2.15. The molecule has 1 aromatic rings. The lowest BCUT2D eigenvalue weighted by Crippen LogP contribution is -2.31. The van der Waals surface area contributed by atoms with Crippen molar-refractivity contribution in [2.45, 2.75) is 39.3 Å². The highest BCUT2D eigenvalue weighted by Gasteiger charge is 2.10. The van der Waals surface area contributed by atoms with Crippen molar-refractivity contribution in [3.05, 3.63) is 28.2 Å². The summed E-state index contributed by atoms with van der Waals surface area (Å²) < 4.78 is 6.59. The van der Waals surface area contributed by atoms with Crippen LogP contribution in [0.1, 0.15) is 38.8 Å². The molecule has 0 aliphatic rings. The van der Waals surface area contributed by atoms with Gasteiger partial charge in [-0.3, -0.25) is 4.79 Å². The molecule has 1 atom stereocenters. The Labute approximate surface area is 122 Å². The molecule has 4 nitrogen and oxygen atoms in total. The summed E-state index contributed by atoms with van der Waals surface area (Å²) in [4.78, 5) is 11.5. The molecule has 0 saturated heterocycles. The molecule has 0 aromatic heterocycles. The molecular formula is C14H21BrN2O2. The molecule has 0 unspecified atom stereocenters. The van der Waals surface area contributed by atoms with Gasteiger partial charge in [0.15, 0.2) is 0 Å². The number of ether oxygens (including phenoxy) is 1. The van der Waals surface area contributed by atoms with Gasteiger partial charge in [-0.25, -0.2) is 0 Å². The van der Waals surface area contributed by atoms with Crippen molar-refractivity contribution in [1.29, 1.82) is 0 Å². The number of amides is 1. The van der Waals surface area contributed by atoms with Crippen molar-refractivity contribution >= 4 is 21.8 Å². The zero-order valence-corrected chi connectivity index (χ0v) is 13.2. The number of hydrogen-bond donors (Lipinski definition) is 2. The van der Waals surface area contributed by atoms with E-state index in [0.717, 1.165) is 15.8 Å². The number of carbonyl (C=O) groups excluding carboxylic acids is 1. The third-order valence-corrected chi connectivity index (χ3v) is 3.00. The first-order chi connectivity index (χ1) is 8.90. The van der Waals surface area contributed by atoms with Crippen LogP contribution in [0.2, 0.25) is 0 Å². The minimum Gasteiger partial charge on any atom is -0.493 e. The van der Waals surface area contributed by atoms with Gasteiger partial charge in [0.25, 0.3) is 0 Å². The fourth-order valence-corrected chi connectivity index (χ4v) is 2.00. The smallest absolute Gasteiger partial charge is 0.223 e. The molecule has 1 rings (SSSR count). The normalized spacial score (nSPS) is 12.3. The molecule has 1 amide bonds. The lowest BCUT2D eigenvalue weighted by molar-refractivity contribution is -0.122. The molecule has 3 N–H and O–H groups in total. The topological polar surface area (TPSA) is 64.3 Å². The van der Waals surface area contributed by atoms with Crippen molar-refractivity contribution in [3.8, 4) is 5.75 Å². The summed E-state index contributed by atoms with van der Waals surface area (Å²) in [5.74, 6) is 0.717. The average molecular weight is 329 g/mol. The van der Waals surface area contributed by atoms with Crippen LogP contribution in [0.25, 0.3) is 0 Å². The van der Waals surface area contributed by atoms with E-state index >= 15 is 0 Å². The first kappa shape index (κ1) is 16.0. The van der Waals surface area contributed by atoms with Gasteiger partial charge in [-0.15, -0.1) is 0 Å². The highest BCUT2D eigenvalue weighted by Crippen LogP contribution is 2.27. The third-order valence-electron chi connectivity index (χ3n) is 2.50. The summed E-state index contributed by atoms with van der Waals surface area (Å²) in [5.41, 5.74) is 6.82. The molecule has 0 heterocycles. The Morgan fingerprint density at radius 1 is 1.42 bits per heavy atom. The van der Waals surface area contributed by atoms with Gasteiger partial charge in [-0.2, -0.15) is 0 Å². The van der Waals surface area contributed by atoms with E-state index in [9.17, 15) is 4.79 Å². The predicted octanol–water partition coefficient (Wildman–Crippen LogP) is 2.76. The van der Waals surface area contributed by atoms with Gasteiger partial charge < -0.3 is 15.8 Å². The van der Waals surface area contributed by atoms with E-state index in [-0.39, 0.29) is 18.0 Å². The summed E-state index contributed by atoms with van der Waals surface area (Å²) in [6, 6.07) is 5.78. The van der Waals surface area contributed by atoms with Crippen LogP contribution in [-0.2, 0) is 4.79 Å². The van der Waals surface area contributed by atoms with Crippen LogP contribution in [0, 0.1) is 0 Å². The van der Waals surface area contributed by atoms with E-state index in [2.05, 4.69) is 21.2 Å². The molecule has 0 radical (unpaired) electrons. The summed E-state index contributed by atoms with van der Waals surface area (Å²) >= 11 is 3.40. The molecular weight excluding hydrogens is 308 g/mol. The second-order valence-corrected chi connectivity index (χ2v) is 5.71. The molecule has 0 aliphatic heterocycles. The number of nitrogens with two attached hydrogens (primary N) is 1. The maximum absolute atomic E-state index is 11.5. The molecule has 0 spiro atoms. The number of nitrogens with one attached hydrogen (secondary N) is 1. The number of hydrogen-bond acceptors (Lipinski definition) is 3. The number of benzene rings is 1. The average Bonchev–Trinajstić information content (AvgIpc) is 2.27. The van der Waals surface area contributed by atoms with Gasteiger partial charge in [-0.1, -0.05) is 22.0 Å². The van der Waals surface area contributed by atoms with Crippen LogP contribution < -0.4 is 15.8 Å². The minimum absolute atomic E-state index is 0.00709. The van der Waals surface area contributed by atoms with Gasteiger partial charge >= 0.3 is 0 Å². The maximum atomic E-state index is 11.5. The molecule has 106 valence electrons. The van der Waals surface area contributed by atoms with E-state index in [1.54, 1.807) is 0 Å². The van der Waals surface area contributed by atoms with Gasteiger partial charge in [0.05, 0.1) is 13.0 Å². The quantitative estimate of drug-likeness (QED) is 0.843. The van der Waals surface area contributed by atoms with E-state index in [0.29, 0.717) is 13.0 Å². The van der Waals surface area contributed by atoms with Crippen LogP contribution in [0.4, 0.5) is 0 Å². The Morgan fingerprint density at radius 3 is 2.68 bits per heavy atom. The van der Waals surface area contributed by atoms with Gasteiger partial charge in [0.1, 0.15) is 5.75 Å². The molecule has 0 bridgehead atoms. The van der Waals surface area contributed by atoms with Crippen LogP contribution in [0.5, 0.6) is 5.75 Å². The van der Waals surface area contributed by atoms with E-state index in [1.807, 2.05) is 39.0 Å². The summed E-state index contributed by atoms with van der Waals surface area (Å²) in [6.45, 7) is 6.11. The fraction of sp³-hybridized carbons (Fsp3) is 0.500. The Balaban J connectivity index is 2.57. The molecule has 5 heteroatoms. The zero-order chi connectivity index (χ0) is 14.4. The summed E-state index contributed by atoms with van der Waals surface area (Å²) in [5, 5.41) is 2.82. The Kier molecular flexibility index (Phi) is 6.31. The molecule has 0 aliphatic carbocycles. The molecule has 1 aromatic carbocycles. The van der Waals surface area contributed by atoms with Gasteiger partial charge in [0.2, 0.25) is 5.91 Å². The zero-order valence-electron chi connectivity index (χ0n) is 11.6. The van der Waals surface area contributed by atoms with Crippen LogP contribution in [-0.4, -0.2) is 18.6 Å². The van der Waals surface area contributed by atoms with Gasteiger partial charge in [-0.05, 0) is 32.9 Å². The lowest BCUT2D eigenvalue weighted by atomic mass is 10.1. The minimum atomic E-state index is -0.104. The SMILES string of the molecule is CC(C)NC(=O)CCOc1cc(Br)ccc1[C@@H](C)N. The molecule has 0 fully saturated rings. The Bertz CT molecular complexity index is 433. The maximum Gasteiger partial charge on any atom is 0.223 e. The third kappa shape index (κ3) is 5.61. The van der Waals surface area contributed by atoms with Gasteiger partial charge in [0, 0.05) is 22.1 Å². The van der Waals surface area contributed by atoms with Crippen molar-refractivity contribution in [2.24, 2.45) is 5.73 Å². The van der Waals surface area contributed by atoms with Crippen LogP contribution >= 0.6 is 15.9 Å². The predicted molar refractivity (Wildman–Crippen MR) is 80.1 cm³/mol. The number of carbonyl (C=O) groups is 1. The second kappa shape index (κ2) is 7.50. The standard InChI is InChI=1S/C14H21BrN2O2/c1-9(2)17-14(18)6-7-19-13-8-11(15)4-5-12(13)10(3)16/h4-5,8-10H,6-7,16H2,1-3H3,(H,17,18)/t10-/m1/s1. The van der Waals surface area contributed by atoms with E-state index in [4.69, 9.17) is 10.5 Å². The van der Waals surface area contributed by atoms with Crippen molar-refractivity contribution in [2.75, 3.05) is 6.61 Å². The van der Waals surface area contributed by atoms with Crippen molar-refractivity contribution < 1.29 is 9.53 Å². The molecule has 0 saturated carbocycles. The van der Waals surface area contributed by atoms with Crippen LogP contribution in [0.3, 0.4) is 0 Å². The Hall–Kier alpha value is -1.07. The monoisotopic (exact) mass is 328 g/mol. The Morgan fingerprint density at radius 2 is 2.11 bits per heavy atom. The first-order valence-corrected chi connectivity index (χ1v) is 7.16. The number of rotatable bonds is 6.